The molecule has 1 aliphatic rings. The fraction of sp³-hybridized carbons (Fsp3) is 0.200. The van der Waals surface area contributed by atoms with Gasteiger partial charge in [0.05, 0.1) is 4.90 Å². The molecule has 3 rings (SSSR count). The number of nitrogens with one attached hydrogen (secondary N) is 2. The largest absolute Gasteiger partial charge is 0.384 e. The highest BCUT2D eigenvalue weighted by molar-refractivity contribution is 7.92. The lowest BCUT2D eigenvalue weighted by atomic mass is 10.2. The maximum absolute atomic E-state index is 12.4. The number of anilines is 2. The summed E-state index contributed by atoms with van der Waals surface area (Å²) in [6, 6.07) is 12.5. The second-order valence-electron chi connectivity index (χ2n) is 4.97. The lowest BCUT2D eigenvalue weighted by molar-refractivity contribution is 0.601. The van der Waals surface area contributed by atoms with Crippen molar-refractivity contribution in [2.45, 2.75) is 18.2 Å². The van der Waals surface area contributed by atoms with Crippen LogP contribution in [0.5, 0.6) is 0 Å². The number of rotatable bonds is 3. The molecule has 5 heteroatoms. The van der Waals surface area contributed by atoms with Gasteiger partial charge in [-0.15, -0.1) is 0 Å². The first-order valence-electron chi connectivity index (χ1n) is 6.51. The van der Waals surface area contributed by atoms with E-state index in [1.165, 1.54) is 5.56 Å². The minimum Gasteiger partial charge on any atom is -0.384 e. The molecule has 0 amide bonds. The van der Waals surface area contributed by atoms with Crippen molar-refractivity contribution in [3.63, 3.8) is 0 Å². The van der Waals surface area contributed by atoms with E-state index >= 15 is 0 Å². The molecule has 0 saturated heterocycles. The Morgan fingerprint density at radius 2 is 2.00 bits per heavy atom. The predicted octanol–water partition coefficient (Wildman–Crippen LogP) is 2.76. The molecule has 0 aliphatic carbocycles. The van der Waals surface area contributed by atoms with E-state index in [2.05, 4.69) is 10.0 Å². The molecule has 0 unspecified atom stereocenters. The molecular formula is C15H16N2O2S. The van der Waals surface area contributed by atoms with Crippen LogP contribution in [0.25, 0.3) is 0 Å². The average molecular weight is 288 g/mol. The molecule has 2 aromatic rings. The Bertz CT molecular complexity index is 754. The molecule has 2 N–H and O–H groups in total. The van der Waals surface area contributed by atoms with Gasteiger partial charge < -0.3 is 5.32 Å². The van der Waals surface area contributed by atoms with Crippen LogP contribution in [0.4, 0.5) is 11.4 Å². The normalized spacial score (nSPS) is 13.7. The summed E-state index contributed by atoms with van der Waals surface area (Å²) < 4.78 is 27.4. The maximum Gasteiger partial charge on any atom is 0.261 e. The van der Waals surface area contributed by atoms with Crippen LogP contribution in [-0.4, -0.2) is 15.0 Å². The molecule has 4 nitrogen and oxygen atoms in total. The molecule has 2 aromatic carbocycles. The summed E-state index contributed by atoms with van der Waals surface area (Å²) in [6.45, 7) is 2.79. The molecule has 0 spiro atoms. The molecule has 104 valence electrons. The number of aryl methyl sites for hydroxylation is 1. The van der Waals surface area contributed by atoms with Gasteiger partial charge in [0.15, 0.2) is 0 Å². The Morgan fingerprint density at radius 1 is 1.15 bits per heavy atom. The topological polar surface area (TPSA) is 58.2 Å². The average Bonchev–Trinajstić information content (AvgIpc) is 2.85. The minimum atomic E-state index is -3.54. The summed E-state index contributed by atoms with van der Waals surface area (Å²) in [7, 11) is -3.54. The lowest BCUT2D eigenvalue weighted by Crippen LogP contribution is -2.13. The van der Waals surface area contributed by atoms with E-state index in [9.17, 15) is 8.42 Å². The van der Waals surface area contributed by atoms with Gasteiger partial charge in [0.25, 0.3) is 10.0 Å². The van der Waals surface area contributed by atoms with Gasteiger partial charge in [-0.2, -0.15) is 0 Å². The number of benzene rings is 2. The van der Waals surface area contributed by atoms with Crippen LogP contribution < -0.4 is 10.0 Å². The quantitative estimate of drug-likeness (QED) is 0.913. The van der Waals surface area contributed by atoms with Gasteiger partial charge in [0.1, 0.15) is 0 Å². The van der Waals surface area contributed by atoms with Crippen molar-refractivity contribution < 1.29 is 8.42 Å². The highest BCUT2D eigenvalue weighted by Crippen LogP contribution is 2.26. The zero-order chi connectivity index (χ0) is 14.2. The van der Waals surface area contributed by atoms with Crippen molar-refractivity contribution >= 4 is 21.4 Å². The summed E-state index contributed by atoms with van der Waals surface area (Å²) in [5, 5.41) is 3.19. The van der Waals surface area contributed by atoms with Crippen LogP contribution in [-0.2, 0) is 16.4 Å². The Labute approximate surface area is 118 Å². The Morgan fingerprint density at radius 3 is 2.80 bits per heavy atom. The van der Waals surface area contributed by atoms with Crippen LogP contribution in [0, 0.1) is 6.92 Å². The van der Waals surface area contributed by atoms with Gasteiger partial charge in [-0.05, 0) is 48.7 Å². The van der Waals surface area contributed by atoms with Gasteiger partial charge in [-0.25, -0.2) is 8.42 Å². The van der Waals surface area contributed by atoms with Crippen molar-refractivity contribution in [3.05, 3.63) is 53.6 Å². The van der Waals surface area contributed by atoms with E-state index in [4.69, 9.17) is 0 Å². The first kappa shape index (κ1) is 13.0. The number of hydrogen-bond acceptors (Lipinski definition) is 3. The van der Waals surface area contributed by atoms with Crippen LogP contribution in [0.3, 0.4) is 0 Å². The van der Waals surface area contributed by atoms with Gasteiger partial charge in [-0.3, -0.25) is 4.72 Å². The molecular weight excluding hydrogens is 272 g/mol. The van der Waals surface area contributed by atoms with Crippen molar-refractivity contribution in [2.75, 3.05) is 16.6 Å². The zero-order valence-electron chi connectivity index (χ0n) is 11.2. The first-order valence-corrected chi connectivity index (χ1v) is 7.99. The van der Waals surface area contributed by atoms with Crippen LogP contribution in [0.15, 0.2) is 47.4 Å². The summed E-state index contributed by atoms with van der Waals surface area (Å²) in [5.41, 5.74) is 3.68. The van der Waals surface area contributed by atoms with E-state index in [-0.39, 0.29) is 4.90 Å². The lowest BCUT2D eigenvalue weighted by Gasteiger charge is -2.10. The van der Waals surface area contributed by atoms with Crippen LogP contribution in [0.2, 0.25) is 0 Å². The standard InChI is InChI=1S/C15H16N2O2S/c1-11-3-2-4-13(9-11)17-20(18,19)14-6-5-12-7-8-16-15(12)10-14/h2-6,9-10,16-17H,7-8H2,1H3. The second kappa shape index (κ2) is 4.83. The Hall–Kier alpha value is -2.01. The molecule has 1 aliphatic heterocycles. The Kier molecular flexibility index (Phi) is 3.14. The van der Waals surface area contributed by atoms with E-state index in [0.29, 0.717) is 5.69 Å². The van der Waals surface area contributed by atoms with Gasteiger partial charge in [0, 0.05) is 17.9 Å². The van der Waals surface area contributed by atoms with Crippen LogP contribution in [0.1, 0.15) is 11.1 Å². The summed E-state index contributed by atoms with van der Waals surface area (Å²) in [6.07, 6.45) is 0.945. The molecule has 0 bridgehead atoms. The first-order chi connectivity index (χ1) is 9.54. The van der Waals surface area contributed by atoms with Crippen molar-refractivity contribution in [3.8, 4) is 0 Å². The molecule has 0 saturated carbocycles. The third-order valence-corrected chi connectivity index (χ3v) is 4.75. The third-order valence-electron chi connectivity index (χ3n) is 3.37. The van der Waals surface area contributed by atoms with Crippen molar-refractivity contribution in [2.24, 2.45) is 0 Å². The molecule has 0 radical (unpaired) electrons. The van der Waals surface area contributed by atoms with Gasteiger partial charge in [0.2, 0.25) is 0 Å². The van der Waals surface area contributed by atoms with Crippen molar-refractivity contribution in [1.29, 1.82) is 0 Å². The summed E-state index contributed by atoms with van der Waals surface area (Å²) in [5.74, 6) is 0. The number of fused-ring (bicyclic) bond motifs is 1. The smallest absolute Gasteiger partial charge is 0.261 e. The fourth-order valence-corrected chi connectivity index (χ4v) is 3.44. The fourth-order valence-electron chi connectivity index (χ4n) is 2.36. The van der Waals surface area contributed by atoms with E-state index in [0.717, 1.165) is 24.2 Å². The van der Waals surface area contributed by atoms with Gasteiger partial charge in [-0.1, -0.05) is 18.2 Å². The summed E-state index contributed by atoms with van der Waals surface area (Å²) in [4.78, 5) is 0.284. The minimum absolute atomic E-state index is 0.284. The van der Waals surface area contributed by atoms with Crippen molar-refractivity contribution in [1.82, 2.24) is 0 Å². The van der Waals surface area contributed by atoms with Crippen LogP contribution >= 0.6 is 0 Å². The maximum atomic E-state index is 12.4. The SMILES string of the molecule is Cc1cccc(NS(=O)(=O)c2ccc3c(c2)NCC3)c1. The molecule has 20 heavy (non-hydrogen) atoms. The summed E-state index contributed by atoms with van der Waals surface area (Å²) >= 11 is 0. The highest BCUT2D eigenvalue weighted by atomic mass is 32.2. The molecule has 0 aromatic heterocycles. The van der Waals surface area contributed by atoms with E-state index < -0.39 is 10.0 Å². The molecule has 0 fully saturated rings. The zero-order valence-corrected chi connectivity index (χ0v) is 12.0. The molecule has 0 atom stereocenters. The second-order valence-corrected chi connectivity index (χ2v) is 6.65. The predicted molar refractivity (Wildman–Crippen MR) is 80.6 cm³/mol. The Balaban J connectivity index is 1.92. The van der Waals surface area contributed by atoms with E-state index in [1.54, 1.807) is 18.2 Å². The number of hydrogen-bond donors (Lipinski definition) is 2. The monoisotopic (exact) mass is 288 g/mol. The van der Waals surface area contributed by atoms with E-state index in [1.807, 2.05) is 31.2 Å². The number of sulfonamides is 1. The van der Waals surface area contributed by atoms with Gasteiger partial charge >= 0.3 is 0 Å². The highest BCUT2D eigenvalue weighted by Gasteiger charge is 2.18. The molecule has 1 heterocycles. The third kappa shape index (κ3) is 2.49.